The number of nitrogens with zero attached hydrogens (tertiary/aromatic N) is 4. The lowest BCUT2D eigenvalue weighted by atomic mass is 9.90. The van der Waals surface area contributed by atoms with Crippen LogP contribution in [-0.4, -0.2) is 63.7 Å². The van der Waals surface area contributed by atoms with Crippen LogP contribution < -0.4 is 4.74 Å². The topological polar surface area (TPSA) is 98.9 Å². The molecule has 6 rings (SSSR count). The number of pyridine rings is 1. The molecule has 42 heavy (non-hydrogen) atoms. The van der Waals surface area contributed by atoms with Gasteiger partial charge in [0.1, 0.15) is 17.9 Å². The van der Waals surface area contributed by atoms with Gasteiger partial charge in [-0.3, -0.25) is 4.90 Å². The monoisotopic (exact) mass is 570 g/mol. The third kappa shape index (κ3) is 5.46. The normalized spacial score (nSPS) is 19.3. The lowest BCUT2D eigenvalue weighted by molar-refractivity contribution is 0.0125. The van der Waals surface area contributed by atoms with Gasteiger partial charge in [-0.25, -0.2) is 9.78 Å². The van der Waals surface area contributed by atoms with Gasteiger partial charge in [0.2, 0.25) is 5.88 Å². The first-order valence-electron chi connectivity index (χ1n) is 14.7. The zero-order valence-corrected chi connectivity index (χ0v) is 24.6. The summed E-state index contributed by atoms with van der Waals surface area (Å²) in [5.74, 6) is 0.350. The SMILES string of the molecule is COc1c(C(=O)O)cnn1-c1cccc(C2=CCCC(C)=C2OCc2ccc3c(c2C)CCN([C@H]2CCCOC2)C3)n1. The minimum absolute atomic E-state index is 0.0162. The van der Waals surface area contributed by atoms with E-state index >= 15 is 0 Å². The van der Waals surface area contributed by atoms with E-state index in [2.05, 4.69) is 42.1 Å². The largest absolute Gasteiger partial charge is 0.488 e. The maximum atomic E-state index is 11.6. The average molecular weight is 571 g/mol. The second-order valence-corrected chi connectivity index (χ2v) is 11.3. The molecule has 2 aromatic heterocycles. The van der Waals surface area contributed by atoms with Crippen LogP contribution in [0.25, 0.3) is 11.4 Å². The van der Waals surface area contributed by atoms with Crippen LogP contribution in [0.2, 0.25) is 0 Å². The van der Waals surface area contributed by atoms with E-state index in [1.54, 1.807) is 6.07 Å². The Labute approximate surface area is 246 Å². The third-order valence-electron chi connectivity index (χ3n) is 8.73. The number of carboxylic acid groups (broad SMARTS) is 1. The number of carboxylic acids is 1. The Morgan fingerprint density at radius 3 is 2.86 bits per heavy atom. The maximum Gasteiger partial charge on any atom is 0.342 e. The van der Waals surface area contributed by atoms with Crippen LogP contribution >= 0.6 is 0 Å². The average Bonchev–Trinajstić information content (AvgIpc) is 3.46. The van der Waals surface area contributed by atoms with Gasteiger partial charge in [0.05, 0.1) is 25.6 Å². The molecule has 0 bridgehead atoms. The molecule has 0 saturated carbocycles. The molecule has 0 spiro atoms. The maximum absolute atomic E-state index is 11.6. The highest BCUT2D eigenvalue weighted by Crippen LogP contribution is 2.35. The first kappa shape index (κ1) is 28.2. The van der Waals surface area contributed by atoms with E-state index in [1.165, 1.54) is 52.2 Å². The number of ether oxygens (including phenoxy) is 3. The Morgan fingerprint density at radius 2 is 2.07 bits per heavy atom. The summed E-state index contributed by atoms with van der Waals surface area (Å²) < 4.78 is 19.1. The fraction of sp³-hybridized carbons (Fsp3) is 0.424. The molecule has 1 saturated heterocycles. The van der Waals surface area contributed by atoms with Crippen molar-refractivity contribution in [1.82, 2.24) is 19.7 Å². The standard InChI is InChI=1S/C33H38N4O5/c1-21-7-4-9-27(29-10-5-11-30(35-29)37-32(40-3)28(17-34-37)33(38)39)31(21)42-19-24-13-12-23-18-36(15-14-26(23)22(24)2)25-8-6-16-41-20-25/h5,9-13,17,25H,4,6-8,14-16,18-20H2,1-3H3,(H,38,39)/t25-/m0/s1. The molecule has 9 nitrogen and oxygen atoms in total. The molecule has 220 valence electrons. The molecular formula is C33H38N4O5. The number of fused-ring (bicyclic) bond motifs is 1. The summed E-state index contributed by atoms with van der Waals surface area (Å²) >= 11 is 0. The van der Waals surface area contributed by atoms with Crippen molar-refractivity contribution >= 4 is 11.5 Å². The molecule has 9 heteroatoms. The van der Waals surface area contributed by atoms with E-state index in [0.29, 0.717) is 18.5 Å². The Bertz CT molecular complexity index is 1550. The lowest BCUT2D eigenvalue weighted by Crippen LogP contribution is -2.44. The molecule has 2 aliphatic heterocycles. The van der Waals surface area contributed by atoms with E-state index in [0.717, 1.165) is 69.0 Å². The summed E-state index contributed by atoms with van der Waals surface area (Å²) in [4.78, 5) is 19.0. The summed E-state index contributed by atoms with van der Waals surface area (Å²) in [6, 6.07) is 10.6. The van der Waals surface area contributed by atoms with Gasteiger partial charge in [0.25, 0.3) is 0 Å². The van der Waals surface area contributed by atoms with Gasteiger partial charge in [-0.15, -0.1) is 0 Å². The molecule has 1 atom stereocenters. The second-order valence-electron chi connectivity index (χ2n) is 11.3. The minimum atomic E-state index is -1.10. The molecule has 1 fully saturated rings. The Hall–Kier alpha value is -3.95. The van der Waals surface area contributed by atoms with Gasteiger partial charge in [0.15, 0.2) is 5.82 Å². The first-order valence-corrected chi connectivity index (χ1v) is 14.7. The lowest BCUT2D eigenvalue weighted by Gasteiger charge is -2.38. The molecule has 0 amide bonds. The number of aromatic carboxylic acids is 1. The van der Waals surface area contributed by atoms with Crippen LogP contribution in [0.3, 0.4) is 0 Å². The van der Waals surface area contributed by atoms with Crippen LogP contribution in [0.15, 0.2) is 53.9 Å². The van der Waals surface area contributed by atoms with Gasteiger partial charge < -0.3 is 19.3 Å². The van der Waals surface area contributed by atoms with Crippen LogP contribution in [0.1, 0.15) is 70.9 Å². The summed E-state index contributed by atoms with van der Waals surface area (Å²) in [6.45, 7) is 8.62. The highest BCUT2D eigenvalue weighted by molar-refractivity contribution is 5.90. The van der Waals surface area contributed by atoms with E-state index < -0.39 is 5.97 Å². The fourth-order valence-corrected chi connectivity index (χ4v) is 6.37. The van der Waals surface area contributed by atoms with Crippen molar-refractivity contribution in [2.24, 2.45) is 0 Å². The van der Waals surface area contributed by atoms with Crippen molar-refractivity contribution in [1.29, 1.82) is 0 Å². The smallest absolute Gasteiger partial charge is 0.342 e. The first-order chi connectivity index (χ1) is 20.4. The number of rotatable bonds is 8. The molecule has 1 aromatic carbocycles. The summed E-state index contributed by atoms with van der Waals surface area (Å²) in [5, 5.41) is 13.7. The van der Waals surface area contributed by atoms with Crippen LogP contribution in [-0.2, 0) is 29.0 Å². The zero-order chi connectivity index (χ0) is 29.2. The predicted molar refractivity (Wildman–Crippen MR) is 159 cm³/mol. The Balaban J connectivity index is 1.21. The second kappa shape index (κ2) is 12.1. The van der Waals surface area contributed by atoms with Crippen molar-refractivity contribution in [3.8, 4) is 11.7 Å². The summed E-state index contributed by atoms with van der Waals surface area (Å²) in [6.07, 6.45) is 8.69. The van der Waals surface area contributed by atoms with Crippen molar-refractivity contribution in [2.45, 2.75) is 65.1 Å². The Morgan fingerprint density at radius 1 is 1.19 bits per heavy atom. The van der Waals surface area contributed by atoms with Gasteiger partial charge in [-0.1, -0.05) is 24.3 Å². The number of hydrogen-bond acceptors (Lipinski definition) is 7. The number of benzene rings is 1. The molecule has 1 N–H and O–H groups in total. The van der Waals surface area contributed by atoms with Gasteiger partial charge in [-0.2, -0.15) is 9.78 Å². The van der Waals surface area contributed by atoms with Crippen molar-refractivity contribution in [3.63, 3.8) is 0 Å². The van der Waals surface area contributed by atoms with Gasteiger partial charge >= 0.3 is 5.97 Å². The minimum Gasteiger partial charge on any atom is -0.488 e. The van der Waals surface area contributed by atoms with Gasteiger partial charge in [0, 0.05) is 31.3 Å². The third-order valence-corrected chi connectivity index (χ3v) is 8.73. The zero-order valence-electron chi connectivity index (χ0n) is 24.6. The van der Waals surface area contributed by atoms with E-state index in [9.17, 15) is 9.90 Å². The quantitative estimate of drug-likeness (QED) is 0.380. The molecule has 3 aromatic rings. The van der Waals surface area contributed by atoms with Crippen molar-refractivity contribution < 1.29 is 24.1 Å². The molecule has 4 heterocycles. The fourth-order valence-electron chi connectivity index (χ4n) is 6.37. The van der Waals surface area contributed by atoms with E-state index in [1.807, 2.05) is 12.1 Å². The van der Waals surface area contributed by atoms with Crippen LogP contribution in [0.4, 0.5) is 0 Å². The number of hydrogen-bond donors (Lipinski definition) is 1. The van der Waals surface area contributed by atoms with Crippen molar-refractivity contribution in [3.05, 3.63) is 87.4 Å². The van der Waals surface area contributed by atoms with Crippen molar-refractivity contribution in [2.75, 3.05) is 26.9 Å². The molecule has 0 unspecified atom stereocenters. The molecular weight excluding hydrogens is 532 g/mol. The number of carbonyl (C=O) groups is 1. The predicted octanol–water partition coefficient (Wildman–Crippen LogP) is 5.49. The van der Waals surface area contributed by atoms with E-state index in [4.69, 9.17) is 19.2 Å². The molecule has 1 aliphatic carbocycles. The highest BCUT2D eigenvalue weighted by Gasteiger charge is 2.27. The van der Waals surface area contributed by atoms with E-state index in [-0.39, 0.29) is 11.4 Å². The Kier molecular flexibility index (Phi) is 8.13. The molecule has 0 radical (unpaired) electrons. The number of allylic oxidation sites excluding steroid dienone is 3. The number of aromatic nitrogens is 3. The van der Waals surface area contributed by atoms with Crippen LogP contribution in [0.5, 0.6) is 5.88 Å². The van der Waals surface area contributed by atoms with Gasteiger partial charge in [-0.05, 0) is 85.9 Å². The summed E-state index contributed by atoms with van der Waals surface area (Å²) in [7, 11) is 1.43. The molecule has 3 aliphatic rings. The van der Waals surface area contributed by atoms with Crippen LogP contribution in [0, 0.1) is 6.92 Å². The highest BCUT2D eigenvalue weighted by atomic mass is 16.5. The summed E-state index contributed by atoms with van der Waals surface area (Å²) in [5.41, 5.74) is 8.25. The number of methoxy groups -OCH3 is 1.